The van der Waals surface area contributed by atoms with Gasteiger partial charge in [0.1, 0.15) is 11.6 Å². The predicted octanol–water partition coefficient (Wildman–Crippen LogP) is 5.46. The molecule has 1 saturated carbocycles. The van der Waals surface area contributed by atoms with Crippen LogP contribution in [0.3, 0.4) is 0 Å². The number of aromatic nitrogens is 2. The lowest BCUT2D eigenvalue weighted by Crippen LogP contribution is -2.73. The summed E-state index contributed by atoms with van der Waals surface area (Å²) in [6.07, 6.45) is 12.8. The predicted molar refractivity (Wildman–Crippen MR) is 176 cm³/mol. The van der Waals surface area contributed by atoms with Gasteiger partial charge in [0.2, 0.25) is 11.8 Å². The zero-order valence-corrected chi connectivity index (χ0v) is 28.7. The van der Waals surface area contributed by atoms with Crippen molar-refractivity contribution in [2.75, 3.05) is 39.8 Å². The minimum atomic E-state index is -0.686. The van der Waals surface area contributed by atoms with Gasteiger partial charge in [0.05, 0.1) is 11.7 Å². The summed E-state index contributed by atoms with van der Waals surface area (Å²) in [5.41, 5.74) is 3.08. The minimum absolute atomic E-state index is 0. The number of amides is 2. The zero-order chi connectivity index (χ0) is 27.6. The molecule has 1 N–H and O–H groups in total. The first kappa shape index (κ1) is 37.1. The fraction of sp³-hybridized carbons (Fsp3) is 0.839. The molecular weight excluding hydrogens is 595 g/mol. The topological polar surface area (TPSA) is 73.7 Å². The van der Waals surface area contributed by atoms with E-state index in [0.717, 1.165) is 70.5 Å². The number of nitrogens with one attached hydrogen (secondary N) is 1. The first-order valence-corrected chi connectivity index (χ1v) is 15.9. The van der Waals surface area contributed by atoms with Gasteiger partial charge in [-0.3, -0.25) is 19.2 Å². The zero-order valence-electron chi connectivity index (χ0n) is 26.2. The Balaban J connectivity index is 0.00000205. The van der Waals surface area contributed by atoms with Crippen LogP contribution in [0.5, 0.6) is 0 Å². The summed E-state index contributed by atoms with van der Waals surface area (Å²) < 4.78 is 2.29. The van der Waals surface area contributed by atoms with E-state index in [0.29, 0.717) is 31.3 Å². The summed E-state index contributed by atoms with van der Waals surface area (Å²) in [6, 6.07) is 0.153. The number of hydrogen-bond acceptors (Lipinski definition) is 5. The van der Waals surface area contributed by atoms with E-state index in [1.165, 1.54) is 43.4 Å². The second-order valence-electron chi connectivity index (χ2n) is 13.0. The Hall–Kier alpha value is -1.06. The Bertz CT molecular complexity index is 1010. The Kier molecular flexibility index (Phi) is 14.4. The van der Waals surface area contributed by atoms with Crippen LogP contribution in [-0.2, 0) is 16.1 Å². The smallest absolute Gasteiger partial charge is 0.246 e. The number of unbranched alkanes of at least 4 members (excludes halogenated alkanes) is 1. The first-order valence-electron chi connectivity index (χ1n) is 15.9. The molecule has 3 aliphatic heterocycles. The molecule has 4 fully saturated rings. The number of rotatable bonds is 8. The highest BCUT2D eigenvalue weighted by molar-refractivity contribution is 6.00. The van der Waals surface area contributed by atoms with Gasteiger partial charge in [-0.2, -0.15) is 5.10 Å². The van der Waals surface area contributed by atoms with Gasteiger partial charge < -0.3 is 15.1 Å². The van der Waals surface area contributed by atoms with Gasteiger partial charge in [-0.1, -0.05) is 45.4 Å². The summed E-state index contributed by atoms with van der Waals surface area (Å²) >= 11 is 0. The molecule has 0 bridgehead atoms. The highest BCUT2D eigenvalue weighted by Gasteiger charge is 2.53. The van der Waals surface area contributed by atoms with Crippen molar-refractivity contribution in [3.63, 3.8) is 0 Å². The molecule has 0 unspecified atom stereocenters. The monoisotopic (exact) mass is 648 g/mol. The molecule has 1 atom stereocenters. The number of likely N-dealkylation sites (tertiary alicyclic amines) is 2. The summed E-state index contributed by atoms with van der Waals surface area (Å²) in [4.78, 5) is 34.5. The van der Waals surface area contributed by atoms with E-state index >= 15 is 0 Å². The molecule has 2 amide bonds. The number of hydrogen-bond donors (Lipinski definition) is 1. The van der Waals surface area contributed by atoms with Crippen molar-refractivity contribution in [1.29, 1.82) is 0 Å². The molecule has 0 radical (unpaired) electrons. The van der Waals surface area contributed by atoms with Crippen LogP contribution in [0.1, 0.15) is 107 Å². The summed E-state index contributed by atoms with van der Waals surface area (Å²) in [6.45, 7) is 12.0. The van der Waals surface area contributed by atoms with Crippen molar-refractivity contribution in [3.05, 3.63) is 17.0 Å². The average Bonchev–Trinajstić information content (AvgIpc) is 3.22. The highest BCUT2D eigenvalue weighted by atomic mass is 35.5. The van der Waals surface area contributed by atoms with E-state index in [2.05, 4.69) is 47.6 Å². The SMILES string of the molecule is CCCCN1C(=O)[C@H](CC2CCCCC2)NC(=O)C12CCN(Cc1c(C)nn(C3CCN(C)CC3)c1C)CC2.Cl.Cl.Cl. The fourth-order valence-corrected chi connectivity index (χ4v) is 7.75. The third-order valence-corrected chi connectivity index (χ3v) is 10.4. The third kappa shape index (κ3) is 7.77. The van der Waals surface area contributed by atoms with Crippen molar-refractivity contribution < 1.29 is 9.59 Å². The third-order valence-electron chi connectivity index (χ3n) is 10.4. The molecule has 3 saturated heterocycles. The normalized spacial score (nSPS) is 24.1. The van der Waals surface area contributed by atoms with Crippen LogP contribution in [0.15, 0.2) is 0 Å². The minimum Gasteiger partial charge on any atom is -0.342 e. The maximum atomic E-state index is 13.8. The van der Waals surface area contributed by atoms with Crippen LogP contribution in [0.2, 0.25) is 0 Å². The van der Waals surface area contributed by atoms with Gasteiger partial charge in [0, 0.05) is 37.4 Å². The van der Waals surface area contributed by atoms with Crippen molar-refractivity contribution in [2.24, 2.45) is 5.92 Å². The summed E-state index contributed by atoms with van der Waals surface area (Å²) in [5.74, 6) is 0.841. The number of piperazine rings is 1. The average molecular weight is 650 g/mol. The van der Waals surface area contributed by atoms with Gasteiger partial charge in [0.15, 0.2) is 0 Å². The Morgan fingerprint density at radius 3 is 2.19 bits per heavy atom. The Morgan fingerprint density at radius 2 is 1.57 bits per heavy atom. The molecule has 0 aromatic carbocycles. The van der Waals surface area contributed by atoms with Crippen LogP contribution >= 0.6 is 37.2 Å². The molecule has 11 heteroatoms. The standard InChI is InChI=1S/C31H52N6O2.3ClH/c1-5-6-16-36-29(38)28(21-25-10-8-7-9-11-25)32-30(39)31(36)14-19-35(20-15-31)22-27-23(2)33-37(24(27)3)26-12-17-34(4)18-13-26;;;/h25-26,28H,5-22H2,1-4H3,(H,32,39);3*1H/t28-;;;/m0.../s1. The number of piperidine rings is 2. The van der Waals surface area contributed by atoms with Crippen LogP contribution < -0.4 is 5.32 Å². The lowest BCUT2D eigenvalue weighted by atomic mass is 9.79. The van der Waals surface area contributed by atoms with Gasteiger partial charge in [-0.25, -0.2) is 0 Å². The molecule has 4 aliphatic rings. The lowest BCUT2D eigenvalue weighted by Gasteiger charge is -2.52. The van der Waals surface area contributed by atoms with E-state index < -0.39 is 5.54 Å². The maximum Gasteiger partial charge on any atom is 0.246 e. The molecule has 1 aromatic rings. The van der Waals surface area contributed by atoms with E-state index in [-0.39, 0.29) is 55.1 Å². The number of aryl methyl sites for hydroxylation is 1. The number of carbonyl (C=O) groups is 2. The molecular formula is C31H55Cl3N6O2. The molecule has 1 spiro atoms. The fourth-order valence-electron chi connectivity index (χ4n) is 7.75. The second kappa shape index (κ2) is 16.3. The van der Waals surface area contributed by atoms with E-state index in [1.54, 1.807) is 0 Å². The Morgan fingerprint density at radius 1 is 0.929 bits per heavy atom. The van der Waals surface area contributed by atoms with Crippen molar-refractivity contribution in [3.8, 4) is 0 Å². The molecule has 4 heterocycles. The quantitative estimate of drug-likeness (QED) is 0.405. The highest BCUT2D eigenvalue weighted by Crippen LogP contribution is 2.37. The molecule has 1 aromatic heterocycles. The van der Waals surface area contributed by atoms with Crippen LogP contribution in [-0.4, -0.2) is 87.6 Å². The summed E-state index contributed by atoms with van der Waals surface area (Å²) in [5, 5.41) is 8.23. The summed E-state index contributed by atoms with van der Waals surface area (Å²) in [7, 11) is 2.20. The first-order chi connectivity index (χ1) is 18.8. The van der Waals surface area contributed by atoms with E-state index in [4.69, 9.17) is 5.10 Å². The van der Waals surface area contributed by atoms with Gasteiger partial charge in [-0.05, 0) is 78.4 Å². The largest absolute Gasteiger partial charge is 0.342 e. The van der Waals surface area contributed by atoms with Gasteiger partial charge in [-0.15, -0.1) is 37.2 Å². The molecule has 1 aliphatic carbocycles. The van der Waals surface area contributed by atoms with Gasteiger partial charge >= 0.3 is 0 Å². The molecule has 5 rings (SSSR count). The molecule has 8 nitrogen and oxygen atoms in total. The maximum absolute atomic E-state index is 13.8. The van der Waals surface area contributed by atoms with Gasteiger partial charge in [0.25, 0.3) is 0 Å². The number of halogens is 3. The number of carbonyl (C=O) groups excluding carboxylic acids is 2. The Labute approximate surface area is 272 Å². The van der Waals surface area contributed by atoms with Crippen molar-refractivity contribution in [1.82, 2.24) is 29.8 Å². The van der Waals surface area contributed by atoms with Crippen LogP contribution in [0, 0.1) is 19.8 Å². The van der Waals surface area contributed by atoms with Crippen LogP contribution in [0.4, 0.5) is 0 Å². The van der Waals surface area contributed by atoms with Crippen molar-refractivity contribution in [2.45, 2.75) is 122 Å². The van der Waals surface area contributed by atoms with E-state index in [9.17, 15) is 9.59 Å². The van der Waals surface area contributed by atoms with Crippen molar-refractivity contribution >= 4 is 49.0 Å². The van der Waals surface area contributed by atoms with E-state index in [1.807, 2.05) is 4.90 Å². The molecule has 242 valence electrons. The number of nitrogens with zero attached hydrogens (tertiary/aromatic N) is 5. The lowest BCUT2D eigenvalue weighted by molar-refractivity contribution is -0.162. The second-order valence-corrected chi connectivity index (χ2v) is 13.0. The van der Waals surface area contributed by atoms with Crippen LogP contribution in [0.25, 0.3) is 0 Å². The molecule has 42 heavy (non-hydrogen) atoms.